The molecule has 5 nitrogen and oxygen atoms in total. The van der Waals surface area contributed by atoms with Gasteiger partial charge in [-0.05, 0) is 23.6 Å². The molecule has 1 heterocycles. The van der Waals surface area contributed by atoms with Crippen LogP contribution in [-0.4, -0.2) is 31.1 Å². The zero-order valence-electron chi connectivity index (χ0n) is 13.9. The van der Waals surface area contributed by atoms with Crippen molar-refractivity contribution in [2.45, 2.75) is 25.6 Å². The Bertz CT molecular complexity index is 729. The normalized spacial score (nSPS) is 16.0. The molecule has 1 unspecified atom stereocenters. The molecule has 0 fully saturated rings. The fraction of sp³-hybridized carbons (Fsp3) is 0.300. The van der Waals surface area contributed by atoms with E-state index in [-0.39, 0.29) is 5.91 Å². The van der Waals surface area contributed by atoms with E-state index in [0.29, 0.717) is 38.2 Å². The number of carbonyl (C=O) groups excluding carboxylic acids is 2. The van der Waals surface area contributed by atoms with Crippen molar-refractivity contribution in [3.8, 4) is 0 Å². The minimum atomic E-state index is -0.757. The third-order valence-electron chi connectivity index (χ3n) is 4.06. The Labute approximate surface area is 147 Å². The van der Waals surface area contributed by atoms with Gasteiger partial charge in [0.05, 0.1) is 12.2 Å². The summed E-state index contributed by atoms with van der Waals surface area (Å²) >= 11 is 0. The Morgan fingerprint density at radius 1 is 1.12 bits per heavy atom. The van der Waals surface area contributed by atoms with E-state index in [0.717, 1.165) is 11.1 Å². The standard InChI is InChI=1S/C20H21NO4/c22-19(18-13-16-9-4-5-10-17(16)20(23)25-18)21-11-6-12-24-14-15-7-2-1-3-8-15/h1-5,7-10,18H,6,11-14H2,(H,21,22). The fourth-order valence-corrected chi connectivity index (χ4v) is 2.74. The number of fused-ring (bicyclic) bond motifs is 1. The lowest BCUT2D eigenvalue weighted by Crippen LogP contribution is -2.42. The maximum atomic E-state index is 12.2. The number of cyclic esters (lactones) is 1. The van der Waals surface area contributed by atoms with Crippen LogP contribution in [0.15, 0.2) is 54.6 Å². The van der Waals surface area contributed by atoms with Crippen molar-refractivity contribution in [3.63, 3.8) is 0 Å². The van der Waals surface area contributed by atoms with Crippen molar-refractivity contribution in [2.24, 2.45) is 0 Å². The second kappa shape index (κ2) is 8.44. The van der Waals surface area contributed by atoms with Crippen molar-refractivity contribution >= 4 is 11.9 Å². The summed E-state index contributed by atoms with van der Waals surface area (Å²) in [6.45, 7) is 1.61. The SMILES string of the molecule is O=C1OC(C(=O)NCCCOCc2ccccc2)Cc2ccccc21. The first-order valence-corrected chi connectivity index (χ1v) is 8.42. The average molecular weight is 339 g/mol. The van der Waals surface area contributed by atoms with Gasteiger partial charge in [-0.25, -0.2) is 4.79 Å². The summed E-state index contributed by atoms with van der Waals surface area (Å²) in [5, 5.41) is 2.81. The Hall–Kier alpha value is -2.66. The number of benzene rings is 2. The molecule has 25 heavy (non-hydrogen) atoms. The van der Waals surface area contributed by atoms with E-state index in [2.05, 4.69) is 5.32 Å². The summed E-state index contributed by atoms with van der Waals surface area (Å²) in [7, 11) is 0. The van der Waals surface area contributed by atoms with Gasteiger partial charge in [0.25, 0.3) is 5.91 Å². The molecule has 2 aromatic carbocycles. The summed E-state index contributed by atoms with van der Waals surface area (Å²) < 4.78 is 10.8. The third-order valence-corrected chi connectivity index (χ3v) is 4.06. The van der Waals surface area contributed by atoms with Gasteiger partial charge in [-0.2, -0.15) is 0 Å². The zero-order chi connectivity index (χ0) is 17.5. The Morgan fingerprint density at radius 2 is 1.88 bits per heavy atom. The lowest BCUT2D eigenvalue weighted by molar-refractivity contribution is -0.130. The van der Waals surface area contributed by atoms with Crippen LogP contribution in [0.5, 0.6) is 0 Å². The number of carbonyl (C=O) groups is 2. The molecule has 0 aliphatic carbocycles. The Balaban J connectivity index is 1.37. The number of nitrogens with one attached hydrogen (secondary N) is 1. The van der Waals surface area contributed by atoms with Crippen molar-refractivity contribution in [1.29, 1.82) is 0 Å². The summed E-state index contributed by atoms with van der Waals surface area (Å²) in [5.41, 5.74) is 2.52. The minimum Gasteiger partial charge on any atom is -0.448 e. The Morgan fingerprint density at radius 3 is 2.72 bits per heavy atom. The van der Waals surface area contributed by atoms with Gasteiger partial charge in [0.2, 0.25) is 0 Å². The maximum absolute atomic E-state index is 12.2. The van der Waals surface area contributed by atoms with Crippen molar-refractivity contribution in [2.75, 3.05) is 13.2 Å². The van der Waals surface area contributed by atoms with Crippen LogP contribution >= 0.6 is 0 Å². The van der Waals surface area contributed by atoms with Crippen molar-refractivity contribution in [1.82, 2.24) is 5.32 Å². The molecule has 1 amide bonds. The number of hydrogen-bond acceptors (Lipinski definition) is 4. The molecular formula is C20H21NO4. The molecule has 1 atom stereocenters. The number of rotatable bonds is 7. The highest BCUT2D eigenvalue weighted by molar-refractivity contribution is 5.95. The number of amides is 1. The monoisotopic (exact) mass is 339 g/mol. The first-order valence-electron chi connectivity index (χ1n) is 8.42. The number of ether oxygens (including phenoxy) is 2. The molecular weight excluding hydrogens is 318 g/mol. The van der Waals surface area contributed by atoms with Gasteiger partial charge in [0.1, 0.15) is 0 Å². The highest BCUT2D eigenvalue weighted by Gasteiger charge is 2.30. The number of esters is 1. The molecule has 0 spiro atoms. The van der Waals surface area contributed by atoms with Gasteiger partial charge in [-0.15, -0.1) is 0 Å². The summed E-state index contributed by atoms with van der Waals surface area (Å²) in [4.78, 5) is 24.1. The lowest BCUT2D eigenvalue weighted by atomic mass is 9.98. The van der Waals surface area contributed by atoms with E-state index in [4.69, 9.17) is 9.47 Å². The molecule has 0 aromatic heterocycles. The van der Waals surface area contributed by atoms with E-state index in [9.17, 15) is 9.59 Å². The highest BCUT2D eigenvalue weighted by atomic mass is 16.5. The quantitative estimate of drug-likeness (QED) is 0.622. The third kappa shape index (κ3) is 4.67. The first-order chi connectivity index (χ1) is 12.2. The van der Waals surface area contributed by atoms with Gasteiger partial charge >= 0.3 is 5.97 Å². The number of hydrogen-bond donors (Lipinski definition) is 1. The van der Waals surface area contributed by atoms with Gasteiger partial charge in [-0.1, -0.05) is 48.5 Å². The van der Waals surface area contributed by atoms with Crippen molar-refractivity contribution in [3.05, 3.63) is 71.3 Å². The molecule has 1 N–H and O–H groups in total. The van der Waals surface area contributed by atoms with Crippen LogP contribution in [0.1, 0.15) is 27.9 Å². The molecule has 0 radical (unpaired) electrons. The van der Waals surface area contributed by atoms with Crippen molar-refractivity contribution < 1.29 is 19.1 Å². The fourth-order valence-electron chi connectivity index (χ4n) is 2.74. The van der Waals surface area contributed by atoms with E-state index in [1.165, 1.54) is 0 Å². The van der Waals surface area contributed by atoms with Gasteiger partial charge in [0.15, 0.2) is 6.10 Å². The molecule has 0 saturated carbocycles. The van der Waals surface area contributed by atoms with Crippen LogP contribution in [0.25, 0.3) is 0 Å². The Kier molecular flexibility index (Phi) is 5.80. The topological polar surface area (TPSA) is 64.6 Å². The van der Waals surface area contributed by atoms with Crippen LogP contribution in [0.3, 0.4) is 0 Å². The summed E-state index contributed by atoms with van der Waals surface area (Å²) in [6, 6.07) is 17.2. The van der Waals surface area contributed by atoms with Crippen LogP contribution in [0.2, 0.25) is 0 Å². The first kappa shape index (κ1) is 17.2. The molecule has 5 heteroatoms. The minimum absolute atomic E-state index is 0.258. The van der Waals surface area contributed by atoms with E-state index in [1.807, 2.05) is 42.5 Å². The molecule has 130 valence electrons. The highest BCUT2D eigenvalue weighted by Crippen LogP contribution is 2.20. The van der Waals surface area contributed by atoms with Crippen LogP contribution < -0.4 is 5.32 Å². The summed E-state index contributed by atoms with van der Waals surface area (Å²) in [5.74, 6) is -0.695. The van der Waals surface area contributed by atoms with Gasteiger partial charge < -0.3 is 14.8 Å². The molecule has 1 aliphatic rings. The van der Waals surface area contributed by atoms with Crippen LogP contribution in [0.4, 0.5) is 0 Å². The predicted octanol–water partition coefficient (Wildman–Crippen LogP) is 2.49. The molecule has 0 saturated heterocycles. The molecule has 3 rings (SSSR count). The van der Waals surface area contributed by atoms with E-state index >= 15 is 0 Å². The lowest BCUT2D eigenvalue weighted by Gasteiger charge is -2.23. The van der Waals surface area contributed by atoms with Gasteiger partial charge in [0, 0.05) is 19.6 Å². The van der Waals surface area contributed by atoms with Gasteiger partial charge in [-0.3, -0.25) is 4.79 Å². The van der Waals surface area contributed by atoms with E-state index in [1.54, 1.807) is 12.1 Å². The summed E-state index contributed by atoms with van der Waals surface area (Å²) in [6.07, 6.45) is 0.362. The van der Waals surface area contributed by atoms with Crippen LogP contribution in [0, 0.1) is 0 Å². The molecule has 2 aromatic rings. The van der Waals surface area contributed by atoms with Crippen LogP contribution in [-0.2, 0) is 27.3 Å². The zero-order valence-corrected chi connectivity index (χ0v) is 13.9. The second-order valence-corrected chi connectivity index (χ2v) is 5.94. The molecule has 1 aliphatic heterocycles. The largest absolute Gasteiger partial charge is 0.448 e. The van der Waals surface area contributed by atoms with E-state index < -0.39 is 12.1 Å². The second-order valence-electron chi connectivity index (χ2n) is 5.94. The average Bonchev–Trinajstić information content (AvgIpc) is 2.65. The maximum Gasteiger partial charge on any atom is 0.339 e. The smallest absolute Gasteiger partial charge is 0.339 e. The predicted molar refractivity (Wildman–Crippen MR) is 93.1 cm³/mol. The molecule has 0 bridgehead atoms.